The molecule has 0 aromatic heterocycles. The molecule has 1 saturated carbocycles. The van der Waals surface area contributed by atoms with E-state index < -0.39 is 11.4 Å². The highest BCUT2D eigenvalue weighted by atomic mass is 16.5. The van der Waals surface area contributed by atoms with Crippen LogP contribution in [0.25, 0.3) is 0 Å². The number of amides is 2. The normalized spacial score (nSPS) is 14.1. The first-order chi connectivity index (χ1) is 13.4. The van der Waals surface area contributed by atoms with Gasteiger partial charge in [0.05, 0.1) is 12.2 Å². The van der Waals surface area contributed by atoms with Crippen LogP contribution in [0.5, 0.6) is 0 Å². The summed E-state index contributed by atoms with van der Waals surface area (Å²) < 4.78 is 4.94. The molecule has 1 aliphatic carbocycles. The zero-order valence-corrected chi connectivity index (χ0v) is 16.3. The van der Waals surface area contributed by atoms with Crippen molar-refractivity contribution in [3.63, 3.8) is 0 Å². The number of ether oxygens (including phenoxy) is 1. The Balaban J connectivity index is 1.67. The summed E-state index contributed by atoms with van der Waals surface area (Å²) in [4.78, 5) is 37.2. The number of nitrogens with one attached hydrogen (secondary N) is 2. The average Bonchev–Trinajstić information content (AvgIpc) is 3.47. The number of anilines is 2. The molecule has 0 bridgehead atoms. The quantitative estimate of drug-likeness (QED) is 0.589. The average molecular weight is 380 g/mol. The first-order valence-corrected chi connectivity index (χ1v) is 9.33. The molecule has 0 unspecified atom stereocenters. The zero-order valence-electron chi connectivity index (χ0n) is 16.3. The number of hydrogen-bond donors (Lipinski definition) is 2. The Bertz CT molecular complexity index is 915. The molecule has 0 spiro atoms. The third kappa shape index (κ3) is 4.06. The molecule has 2 aromatic rings. The Morgan fingerprint density at radius 1 is 0.964 bits per heavy atom. The van der Waals surface area contributed by atoms with Gasteiger partial charge in [0.1, 0.15) is 5.41 Å². The predicted molar refractivity (Wildman–Crippen MR) is 107 cm³/mol. The van der Waals surface area contributed by atoms with Gasteiger partial charge in [-0.3, -0.25) is 9.59 Å². The Morgan fingerprint density at radius 2 is 1.61 bits per heavy atom. The molecule has 146 valence electrons. The topological polar surface area (TPSA) is 84.5 Å². The molecular weight excluding hydrogens is 356 g/mol. The number of carbonyl (C=O) groups is 3. The van der Waals surface area contributed by atoms with Crippen molar-refractivity contribution in [1.82, 2.24) is 0 Å². The van der Waals surface area contributed by atoms with Crippen LogP contribution >= 0.6 is 0 Å². The fourth-order valence-corrected chi connectivity index (χ4v) is 2.95. The van der Waals surface area contributed by atoms with Crippen molar-refractivity contribution in [3.05, 3.63) is 59.2 Å². The maximum Gasteiger partial charge on any atom is 0.338 e. The van der Waals surface area contributed by atoms with Crippen LogP contribution in [0.1, 0.15) is 41.3 Å². The highest BCUT2D eigenvalue weighted by Crippen LogP contribution is 2.47. The summed E-state index contributed by atoms with van der Waals surface area (Å²) in [6.45, 7) is 5.91. The maximum absolute atomic E-state index is 12.8. The van der Waals surface area contributed by atoms with E-state index in [-0.39, 0.29) is 11.8 Å². The van der Waals surface area contributed by atoms with Gasteiger partial charge in [0.25, 0.3) is 0 Å². The van der Waals surface area contributed by atoms with Crippen LogP contribution in [0.15, 0.2) is 42.5 Å². The van der Waals surface area contributed by atoms with Gasteiger partial charge in [-0.15, -0.1) is 0 Å². The number of esters is 1. The smallest absolute Gasteiger partial charge is 0.338 e. The fourth-order valence-electron chi connectivity index (χ4n) is 2.95. The maximum atomic E-state index is 12.8. The van der Waals surface area contributed by atoms with Gasteiger partial charge in [-0.25, -0.2) is 4.79 Å². The Labute approximate surface area is 164 Å². The van der Waals surface area contributed by atoms with Crippen molar-refractivity contribution >= 4 is 29.2 Å². The molecule has 2 aromatic carbocycles. The third-order valence-corrected chi connectivity index (χ3v) is 4.91. The second-order valence-electron chi connectivity index (χ2n) is 7.11. The number of rotatable bonds is 6. The number of carbonyl (C=O) groups excluding carboxylic acids is 3. The molecule has 1 fully saturated rings. The minimum absolute atomic E-state index is 0.290. The molecule has 0 saturated heterocycles. The van der Waals surface area contributed by atoms with Gasteiger partial charge >= 0.3 is 5.97 Å². The summed E-state index contributed by atoms with van der Waals surface area (Å²) in [5.74, 6) is -1.03. The largest absolute Gasteiger partial charge is 0.462 e. The Kier molecular flexibility index (Phi) is 5.49. The molecule has 2 amide bonds. The highest BCUT2D eigenvalue weighted by molar-refractivity contribution is 6.17. The second-order valence-corrected chi connectivity index (χ2v) is 7.11. The van der Waals surface area contributed by atoms with Gasteiger partial charge in [-0.1, -0.05) is 12.1 Å². The monoisotopic (exact) mass is 380 g/mol. The summed E-state index contributed by atoms with van der Waals surface area (Å²) in [6.07, 6.45) is 1.02. The Hall–Kier alpha value is -3.15. The van der Waals surface area contributed by atoms with Crippen molar-refractivity contribution in [3.8, 4) is 0 Å². The minimum Gasteiger partial charge on any atom is -0.462 e. The molecule has 0 aliphatic heterocycles. The van der Waals surface area contributed by atoms with Crippen LogP contribution in [-0.2, 0) is 14.3 Å². The minimum atomic E-state index is -1.05. The molecule has 6 heteroatoms. The van der Waals surface area contributed by atoms with Crippen LogP contribution in [0.4, 0.5) is 11.4 Å². The number of benzene rings is 2. The van der Waals surface area contributed by atoms with E-state index in [2.05, 4.69) is 10.6 Å². The molecule has 0 atom stereocenters. The van der Waals surface area contributed by atoms with E-state index in [1.54, 1.807) is 31.2 Å². The van der Waals surface area contributed by atoms with E-state index in [1.165, 1.54) is 0 Å². The summed E-state index contributed by atoms with van der Waals surface area (Å²) in [5.41, 5.74) is 2.61. The number of hydrogen-bond acceptors (Lipinski definition) is 4. The van der Waals surface area contributed by atoms with Gasteiger partial charge in [0.2, 0.25) is 11.8 Å². The first-order valence-electron chi connectivity index (χ1n) is 9.33. The van der Waals surface area contributed by atoms with Crippen molar-refractivity contribution in [2.24, 2.45) is 5.41 Å². The zero-order chi connectivity index (χ0) is 20.3. The van der Waals surface area contributed by atoms with E-state index in [9.17, 15) is 14.4 Å². The van der Waals surface area contributed by atoms with Crippen LogP contribution in [0.2, 0.25) is 0 Å². The fraction of sp³-hybridized carbons (Fsp3) is 0.318. The molecule has 28 heavy (non-hydrogen) atoms. The van der Waals surface area contributed by atoms with E-state index in [4.69, 9.17) is 4.74 Å². The SMILES string of the molecule is CCOC(=O)c1ccc(NC(=O)C2(C(=O)Nc3cc(C)ccc3C)CC2)cc1. The Morgan fingerprint density at radius 3 is 2.21 bits per heavy atom. The van der Waals surface area contributed by atoms with Crippen LogP contribution in [0, 0.1) is 19.3 Å². The van der Waals surface area contributed by atoms with Gasteiger partial charge in [0, 0.05) is 11.4 Å². The number of aryl methyl sites for hydroxylation is 2. The third-order valence-electron chi connectivity index (χ3n) is 4.91. The summed E-state index contributed by atoms with van der Waals surface area (Å²) >= 11 is 0. The lowest BCUT2D eigenvalue weighted by molar-refractivity contribution is -0.131. The summed E-state index contributed by atoms with van der Waals surface area (Å²) in [7, 11) is 0. The van der Waals surface area contributed by atoms with Gasteiger partial charge in [-0.2, -0.15) is 0 Å². The van der Waals surface area contributed by atoms with Crippen molar-refractivity contribution < 1.29 is 19.1 Å². The summed E-state index contributed by atoms with van der Waals surface area (Å²) in [5, 5.41) is 5.68. The molecule has 1 aliphatic rings. The molecule has 3 rings (SSSR count). The standard InChI is InChI=1S/C22H24N2O4/c1-4-28-19(25)16-7-9-17(10-8-16)23-20(26)22(11-12-22)21(27)24-18-13-14(2)5-6-15(18)3/h5-10,13H,4,11-12H2,1-3H3,(H,23,26)(H,24,27). The molecule has 2 N–H and O–H groups in total. The lowest BCUT2D eigenvalue weighted by Crippen LogP contribution is -2.35. The molecule has 0 radical (unpaired) electrons. The van der Waals surface area contributed by atoms with Gasteiger partial charge < -0.3 is 15.4 Å². The van der Waals surface area contributed by atoms with Crippen molar-refractivity contribution in [1.29, 1.82) is 0 Å². The van der Waals surface area contributed by atoms with Crippen molar-refractivity contribution in [2.75, 3.05) is 17.2 Å². The highest BCUT2D eigenvalue weighted by Gasteiger charge is 2.56. The first kappa shape index (κ1) is 19.6. The predicted octanol–water partition coefficient (Wildman–Crippen LogP) is 3.84. The van der Waals surface area contributed by atoms with Crippen LogP contribution in [0.3, 0.4) is 0 Å². The van der Waals surface area contributed by atoms with E-state index in [0.29, 0.717) is 30.7 Å². The molecule has 0 heterocycles. The van der Waals surface area contributed by atoms with E-state index in [0.717, 1.165) is 16.8 Å². The van der Waals surface area contributed by atoms with Crippen LogP contribution in [-0.4, -0.2) is 24.4 Å². The lowest BCUT2D eigenvalue weighted by atomic mass is 10.0. The van der Waals surface area contributed by atoms with Crippen molar-refractivity contribution in [2.45, 2.75) is 33.6 Å². The molecule has 6 nitrogen and oxygen atoms in total. The second kappa shape index (κ2) is 7.84. The van der Waals surface area contributed by atoms with Gasteiger partial charge in [0.15, 0.2) is 0 Å². The van der Waals surface area contributed by atoms with Crippen LogP contribution < -0.4 is 10.6 Å². The van der Waals surface area contributed by atoms with E-state index >= 15 is 0 Å². The van der Waals surface area contributed by atoms with E-state index in [1.807, 2.05) is 32.0 Å². The van der Waals surface area contributed by atoms with Gasteiger partial charge in [-0.05, 0) is 75.1 Å². The summed E-state index contributed by atoms with van der Waals surface area (Å²) in [6, 6.07) is 12.2. The molecular formula is C22H24N2O4. The lowest BCUT2D eigenvalue weighted by Gasteiger charge is -2.17.